The van der Waals surface area contributed by atoms with E-state index in [4.69, 9.17) is 0 Å². The minimum atomic E-state index is 0.159. The monoisotopic (exact) mass is 420 g/mol. The van der Waals surface area contributed by atoms with Gasteiger partial charge in [0.1, 0.15) is 22.9 Å². The van der Waals surface area contributed by atoms with Crippen LogP contribution in [-0.4, -0.2) is 22.6 Å². The first-order chi connectivity index (χ1) is 15.7. The van der Waals surface area contributed by atoms with E-state index in [2.05, 4.69) is 20.2 Å². The predicted molar refractivity (Wildman–Crippen MR) is 128 cm³/mol. The van der Waals surface area contributed by atoms with Crippen LogP contribution in [0.3, 0.4) is 0 Å². The molecule has 32 heavy (non-hydrogen) atoms. The Morgan fingerprint density at radius 1 is 0.438 bits per heavy atom. The number of aromatic hydroxyl groups is 2. The highest BCUT2D eigenvalue weighted by atomic mass is 16.3. The van der Waals surface area contributed by atoms with Crippen LogP contribution in [0.4, 0.5) is 22.7 Å². The number of phenolic OH excluding ortho intramolecular Hbond substituents is 2. The molecule has 0 radical (unpaired) electrons. The number of benzene rings is 4. The zero-order chi connectivity index (χ0) is 22.2. The van der Waals surface area contributed by atoms with Gasteiger partial charge in [-0.15, -0.1) is 10.2 Å². The number of para-hydroxylation sites is 4. The Kier molecular flexibility index (Phi) is 6.43. The van der Waals surface area contributed by atoms with Gasteiger partial charge in [0.05, 0.1) is 11.4 Å². The molecule has 6 nitrogen and oxygen atoms in total. The Balaban J connectivity index is 1.60. The smallest absolute Gasteiger partial charge is 0.124 e. The van der Waals surface area contributed by atoms with E-state index >= 15 is 0 Å². The summed E-state index contributed by atoms with van der Waals surface area (Å²) >= 11 is 0. The molecule has 0 fully saturated rings. The van der Waals surface area contributed by atoms with E-state index in [-0.39, 0.29) is 11.5 Å². The van der Waals surface area contributed by atoms with Gasteiger partial charge in [0, 0.05) is 23.6 Å². The average molecular weight is 420 g/mol. The summed E-state index contributed by atoms with van der Waals surface area (Å²) in [5, 5.41) is 28.6. The van der Waals surface area contributed by atoms with Crippen molar-refractivity contribution >= 4 is 35.2 Å². The van der Waals surface area contributed by atoms with Crippen LogP contribution < -0.4 is 0 Å². The first-order valence-electron chi connectivity index (χ1n) is 9.94. The zero-order valence-electron chi connectivity index (χ0n) is 17.1. The van der Waals surface area contributed by atoms with Gasteiger partial charge < -0.3 is 10.2 Å². The highest BCUT2D eigenvalue weighted by molar-refractivity contribution is 5.87. The number of azo groups is 1. The van der Waals surface area contributed by atoms with E-state index in [1.54, 1.807) is 48.8 Å². The van der Waals surface area contributed by atoms with Crippen LogP contribution in [0.5, 0.6) is 11.5 Å². The van der Waals surface area contributed by atoms with Crippen molar-refractivity contribution < 1.29 is 10.2 Å². The summed E-state index contributed by atoms with van der Waals surface area (Å²) in [5.41, 5.74) is 3.63. The summed E-state index contributed by atoms with van der Waals surface area (Å²) in [4.78, 5) is 8.92. The minimum absolute atomic E-state index is 0.159. The molecule has 0 aliphatic rings. The zero-order valence-corrected chi connectivity index (χ0v) is 17.1. The van der Waals surface area contributed by atoms with Crippen LogP contribution in [0.2, 0.25) is 0 Å². The molecule has 0 unspecified atom stereocenters. The van der Waals surface area contributed by atoms with Gasteiger partial charge in [-0.25, -0.2) is 0 Å². The van der Waals surface area contributed by atoms with E-state index in [1.165, 1.54) is 0 Å². The highest BCUT2D eigenvalue weighted by Gasteiger charge is 2.03. The fourth-order valence-electron chi connectivity index (χ4n) is 2.90. The van der Waals surface area contributed by atoms with Crippen LogP contribution >= 0.6 is 0 Å². The number of nitrogens with zero attached hydrogens (tertiary/aromatic N) is 4. The predicted octanol–water partition coefficient (Wildman–Crippen LogP) is 7.01. The van der Waals surface area contributed by atoms with Crippen molar-refractivity contribution in [2.45, 2.75) is 0 Å². The van der Waals surface area contributed by atoms with E-state index in [0.717, 1.165) is 0 Å². The van der Waals surface area contributed by atoms with E-state index in [0.29, 0.717) is 33.9 Å². The Morgan fingerprint density at radius 2 is 0.781 bits per heavy atom. The molecule has 6 heteroatoms. The first kappa shape index (κ1) is 20.7. The quantitative estimate of drug-likeness (QED) is 0.259. The van der Waals surface area contributed by atoms with Gasteiger partial charge >= 0.3 is 0 Å². The van der Waals surface area contributed by atoms with Crippen molar-refractivity contribution in [2.24, 2.45) is 20.2 Å². The first-order valence-corrected chi connectivity index (χ1v) is 9.94. The van der Waals surface area contributed by atoms with Crippen LogP contribution in [0.15, 0.2) is 117 Å². The second-order valence-corrected chi connectivity index (χ2v) is 6.81. The van der Waals surface area contributed by atoms with Gasteiger partial charge in [-0.1, -0.05) is 48.5 Å². The highest BCUT2D eigenvalue weighted by Crippen LogP contribution is 2.33. The lowest BCUT2D eigenvalue weighted by Gasteiger charge is -2.02. The number of phenols is 2. The molecule has 0 atom stereocenters. The Morgan fingerprint density at radius 3 is 1.19 bits per heavy atom. The third kappa shape index (κ3) is 5.12. The van der Waals surface area contributed by atoms with Crippen LogP contribution in [0, 0.1) is 0 Å². The lowest BCUT2D eigenvalue weighted by atomic mass is 10.2. The molecule has 0 spiro atoms. The van der Waals surface area contributed by atoms with Gasteiger partial charge in [0.2, 0.25) is 0 Å². The molecule has 0 aliphatic carbocycles. The summed E-state index contributed by atoms with van der Waals surface area (Å²) in [6.07, 6.45) is 3.18. The largest absolute Gasteiger partial charge is 0.507 e. The summed E-state index contributed by atoms with van der Waals surface area (Å²) in [5.74, 6) is 0.318. The normalized spacial score (nSPS) is 11.6. The van der Waals surface area contributed by atoms with Crippen LogP contribution in [0.25, 0.3) is 0 Å². The molecule has 0 saturated heterocycles. The third-order valence-electron chi connectivity index (χ3n) is 4.59. The molecule has 0 amide bonds. The van der Waals surface area contributed by atoms with Crippen LogP contribution in [0.1, 0.15) is 11.1 Å². The van der Waals surface area contributed by atoms with E-state index in [1.807, 2.05) is 60.7 Å². The topological polar surface area (TPSA) is 89.9 Å². The molecule has 0 heterocycles. The number of hydrogen-bond acceptors (Lipinski definition) is 6. The fourth-order valence-corrected chi connectivity index (χ4v) is 2.90. The van der Waals surface area contributed by atoms with Crippen molar-refractivity contribution in [2.75, 3.05) is 0 Å². The van der Waals surface area contributed by atoms with Crippen molar-refractivity contribution in [3.63, 3.8) is 0 Å². The summed E-state index contributed by atoms with van der Waals surface area (Å²) in [6, 6.07) is 28.7. The van der Waals surface area contributed by atoms with E-state index in [9.17, 15) is 10.2 Å². The standard InChI is InChI=1S/C26H20N4O2/c31-25-15-7-1-9-19(25)17-27-21-11-3-5-13-23(21)29-30-24-14-6-4-12-22(24)28-18-20-10-2-8-16-26(20)32/h1-18,31-32H. The molecule has 0 aromatic heterocycles. The minimum Gasteiger partial charge on any atom is -0.507 e. The summed E-state index contributed by atoms with van der Waals surface area (Å²) in [6.45, 7) is 0. The number of aliphatic imine (C=N–C) groups is 2. The number of rotatable bonds is 6. The van der Waals surface area contributed by atoms with Gasteiger partial charge in [0.15, 0.2) is 0 Å². The van der Waals surface area contributed by atoms with Crippen molar-refractivity contribution in [1.82, 2.24) is 0 Å². The Bertz CT molecular complexity index is 1210. The maximum absolute atomic E-state index is 9.93. The lowest BCUT2D eigenvalue weighted by molar-refractivity contribution is 0.474. The van der Waals surface area contributed by atoms with E-state index < -0.39 is 0 Å². The summed E-state index contributed by atoms with van der Waals surface area (Å²) < 4.78 is 0. The van der Waals surface area contributed by atoms with Gasteiger partial charge in [-0.05, 0) is 48.5 Å². The molecule has 0 aliphatic heterocycles. The Labute approximate surface area is 185 Å². The fraction of sp³-hybridized carbons (Fsp3) is 0. The van der Waals surface area contributed by atoms with Crippen molar-refractivity contribution in [3.05, 3.63) is 108 Å². The molecule has 2 N–H and O–H groups in total. The lowest BCUT2D eigenvalue weighted by Crippen LogP contribution is -1.81. The Hall–Kier alpha value is -4.58. The molecule has 4 rings (SSSR count). The van der Waals surface area contributed by atoms with Crippen molar-refractivity contribution in [3.8, 4) is 11.5 Å². The molecule has 0 bridgehead atoms. The maximum Gasteiger partial charge on any atom is 0.124 e. The van der Waals surface area contributed by atoms with Crippen LogP contribution in [-0.2, 0) is 0 Å². The molecular weight excluding hydrogens is 400 g/mol. The second-order valence-electron chi connectivity index (χ2n) is 6.81. The van der Waals surface area contributed by atoms with Crippen molar-refractivity contribution in [1.29, 1.82) is 0 Å². The van der Waals surface area contributed by atoms with Gasteiger partial charge in [-0.3, -0.25) is 9.98 Å². The molecule has 4 aromatic carbocycles. The van der Waals surface area contributed by atoms with Gasteiger partial charge in [0.25, 0.3) is 0 Å². The maximum atomic E-state index is 9.93. The molecular formula is C26H20N4O2. The van der Waals surface area contributed by atoms with Gasteiger partial charge in [-0.2, -0.15) is 0 Å². The molecule has 0 saturated carbocycles. The summed E-state index contributed by atoms with van der Waals surface area (Å²) in [7, 11) is 0. The molecule has 4 aromatic rings. The second kappa shape index (κ2) is 9.95. The SMILES string of the molecule is Oc1ccccc1C=Nc1ccccc1N=Nc1ccccc1N=Cc1ccccc1O. The number of hydrogen-bond donors (Lipinski definition) is 2. The third-order valence-corrected chi connectivity index (χ3v) is 4.59. The average Bonchev–Trinajstić information content (AvgIpc) is 2.83. The molecule has 156 valence electrons.